The Morgan fingerprint density at radius 2 is 2.17 bits per heavy atom. The van der Waals surface area contributed by atoms with Gasteiger partial charge in [0.2, 0.25) is 5.88 Å². The minimum absolute atomic E-state index is 0.282. The molecule has 1 fully saturated rings. The van der Waals surface area contributed by atoms with E-state index >= 15 is 0 Å². The lowest BCUT2D eigenvalue weighted by Crippen LogP contribution is -2.24. The Balaban J connectivity index is 1.61. The van der Waals surface area contributed by atoms with Crippen molar-refractivity contribution in [3.8, 4) is 5.88 Å². The molecule has 1 aliphatic carbocycles. The summed E-state index contributed by atoms with van der Waals surface area (Å²) < 4.78 is 5.51. The van der Waals surface area contributed by atoms with Crippen molar-refractivity contribution in [1.82, 2.24) is 19.9 Å². The summed E-state index contributed by atoms with van der Waals surface area (Å²) in [4.78, 5) is 19.4. The van der Waals surface area contributed by atoms with Gasteiger partial charge >= 0.3 is 0 Å². The summed E-state index contributed by atoms with van der Waals surface area (Å²) in [5.41, 5.74) is 2.62. The highest BCUT2D eigenvalue weighted by atomic mass is 16.5. The number of nitrogens with zero attached hydrogens (tertiary/aromatic N) is 4. The minimum Gasteiger partial charge on any atom is -0.478 e. The van der Waals surface area contributed by atoms with Crippen LogP contribution in [0.15, 0.2) is 12.4 Å². The zero-order chi connectivity index (χ0) is 15.6. The molecule has 0 bridgehead atoms. The largest absolute Gasteiger partial charge is 0.478 e. The highest BCUT2D eigenvalue weighted by Gasteiger charge is 2.31. The number of rotatable bonds is 4. The second-order valence-corrected chi connectivity index (χ2v) is 6.25. The van der Waals surface area contributed by atoms with E-state index < -0.39 is 0 Å². The van der Waals surface area contributed by atoms with E-state index in [0.717, 1.165) is 43.9 Å². The van der Waals surface area contributed by atoms with E-state index in [4.69, 9.17) is 9.72 Å². The maximum absolute atomic E-state index is 5.51. The molecule has 2 aromatic rings. The van der Waals surface area contributed by atoms with Crippen LogP contribution in [0.1, 0.15) is 55.9 Å². The van der Waals surface area contributed by atoms with E-state index in [1.807, 2.05) is 13.0 Å². The molecule has 23 heavy (non-hydrogen) atoms. The molecular weight excluding hydrogens is 290 g/mol. The Labute approximate surface area is 136 Å². The fourth-order valence-electron chi connectivity index (χ4n) is 3.67. The second-order valence-electron chi connectivity index (χ2n) is 6.25. The van der Waals surface area contributed by atoms with Crippen LogP contribution in [-0.4, -0.2) is 33.1 Å². The summed E-state index contributed by atoms with van der Waals surface area (Å²) >= 11 is 0. The Hall–Kier alpha value is -2.11. The number of nitrogens with one attached hydrogen (secondary N) is 1. The van der Waals surface area contributed by atoms with Gasteiger partial charge in [0.25, 0.3) is 0 Å². The van der Waals surface area contributed by atoms with E-state index in [1.165, 1.54) is 24.2 Å². The number of aromatic amines is 1. The van der Waals surface area contributed by atoms with Crippen LogP contribution in [0.4, 0.5) is 5.82 Å². The number of imidazole rings is 1. The first-order valence-corrected chi connectivity index (χ1v) is 8.64. The molecule has 3 heterocycles. The predicted octanol–water partition coefficient (Wildman–Crippen LogP) is 2.82. The summed E-state index contributed by atoms with van der Waals surface area (Å²) in [7, 11) is 0. The molecule has 6 heteroatoms. The van der Waals surface area contributed by atoms with Crippen molar-refractivity contribution in [3.05, 3.63) is 29.6 Å². The molecule has 0 unspecified atom stereocenters. The highest BCUT2D eigenvalue weighted by Crippen LogP contribution is 2.35. The van der Waals surface area contributed by atoms with Gasteiger partial charge in [0, 0.05) is 18.3 Å². The number of hydrogen-bond acceptors (Lipinski definition) is 5. The maximum atomic E-state index is 5.51. The summed E-state index contributed by atoms with van der Waals surface area (Å²) in [6, 6.07) is 2.22. The first kappa shape index (κ1) is 14.5. The lowest BCUT2D eigenvalue weighted by Gasteiger charge is -2.24. The molecular formula is C17H23N5O. The van der Waals surface area contributed by atoms with Crippen molar-refractivity contribution < 1.29 is 4.74 Å². The average Bonchev–Trinajstić information content (AvgIpc) is 3.22. The number of ether oxygens (including phenoxy) is 1. The molecule has 2 aromatic heterocycles. The van der Waals surface area contributed by atoms with Crippen LogP contribution in [0.3, 0.4) is 0 Å². The van der Waals surface area contributed by atoms with Gasteiger partial charge in [0.05, 0.1) is 18.3 Å². The molecule has 0 aromatic carbocycles. The van der Waals surface area contributed by atoms with E-state index in [-0.39, 0.29) is 6.04 Å². The normalized spacial score (nSPS) is 20.6. The second kappa shape index (κ2) is 6.18. The van der Waals surface area contributed by atoms with E-state index in [1.54, 1.807) is 6.33 Å². The zero-order valence-electron chi connectivity index (χ0n) is 13.6. The molecule has 0 radical (unpaired) electrons. The summed E-state index contributed by atoms with van der Waals surface area (Å²) in [5.74, 6) is 2.67. The Morgan fingerprint density at radius 3 is 3.04 bits per heavy atom. The fraction of sp³-hybridized carbons (Fsp3) is 0.588. The smallest absolute Gasteiger partial charge is 0.218 e. The molecule has 0 saturated carbocycles. The molecule has 1 atom stereocenters. The van der Waals surface area contributed by atoms with Crippen molar-refractivity contribution in [1.29, 1.82) is 0 Å². The average molecular weight is 313 g/mol. The molecule has 0 amide bonds. The van der Waals surface area contributed by atoms with E-state index in [2.05, 4.69) is 19.9 Å². The van der Waals surface area contributed by atoms with Gasteiger partial charge in [0.1, 0.15) is 18.0 Å². The first-order chi connectivity index (χ1) is 11.3. The Bertz CT molecular complexity index is 660. The predicted molar refractivity (Wildman–Crippen MR) is 87.8 cm³/mol. The molecule has 6 nitrogen and oxygen atoms in total. The Morgan fingerprint density at radius 1 is 1.26 bits per heavy atom. The molecule has 4 rings (SSSR count). The number of anilines is 1. The third-order valence-corrected chi connectivity index (χ3v) is 4.76. The number of hydrogen-bond donors (Lipinski definition) is 1. The molecule has 2 aliphatic rings. The molecule has 122 valence electrons. The van der Waals surface area contributed by atoms with Gasteiger partial charge in [-0.1, -0.05) is 0 Å². The van der Waals surface area contributed by atoms with E-state index in [9.17, 15) is 0 Å². The van der Waals surface area contributed by atoms with Crippen LogP contribution in [0.25, 0.3) is 0 Å². The SMILES string of the molecule is CCOc1cc(N2CCC[C@@H]2c2nc3c([nH]2)CCCC3)ncn1. The van der Waals surface area contributed by atoms with Gasteiger partial charge in [-0.3, -0.25) is 0 Å². The fourth-order valence-corrected chi connectivity index (χ4v) is 3.67. The van der Waals surface area contributed by atoms with Crippen molar-refractivity contribution in [3.63, 3.8) is 0 Å². The topological polar surface area (TPSA) is 66.9 Å². The number of H-pyrrole nitrogens is 1. The van der Waals surface area contributed by atoms with Crippen LogP contribution in [0.5, 0.6) is 5.88 Å². The van der Waals surface area contributed by atoms with Crippen LogP contribution in [0.2, 0.25) is 0 Å². The zero-order valence-corrected chi connectivity index (χ0v) is 13.6. The maximum Gasteiger partial charge on any atom is 0.218 e. The molecule has 0 spiro atoms. The van der Waals surface area contributed by atoms with Crippen molar-refractivity contribution in [2.45, 2.75) is 51.5 Å². The van der Waals surface area contributed by atoms with Crippen molar-refractivity contribution >= 4 is 5.82 Å². The lowest BCUT2D eigenvalue weighted by molar-refractivity contribution is 0.326. The standard InChI is InChI=1S/C17H23N5O/c1-2-23-16-10-15(18-11-19-16)22-9-5-8-14(22)17-20-12-6-3-4-7-13(12)21-17/h10-11,14H,2-9H2,1H3,(H,20,21)/t14-/m1/s1. The Kier molecular flexibility index (Phi) is 3.89. The molecule has 1 saturated heterocycles. The van der Waals surface area contributed by atoms with Crippen LogP contribution >= 0.6 is 0 Å². The minimum atomic E-state index is 0.282. The highest BCUT2D eigenvalue weighted by molar-refractivity contribution is 5.44. The van der Waals surface area contributed by atoms with Crippen molar-refractivity contribution in [2.75, 3.05) is 18.1 Å². The van der Waals surface area contributed by atoms with Crippen LogP contribution in [-0.2, 0) is 12.8 Å². The van der Waals surface area contributed by atoms with Gasteiger partial charge in [-0.15, -0.1) is 0 Å². The third-order valence-electron chi connectivity index (χ3n) is 4.76. The van der Waals surface area contributed by atoms with Gasteiger partial charge < -0.3 is 14.6 Å². The van der Waals surface area contributed by atoms with Gasteiger partial charge in [-0.05, 0) is 45.4 Å². The monoisotopic (exact) mass is 313 g/mol. The summed E-state index contributed by atoms with van der Waals surface area (Å²) in [6.07, 6.45) is 8.63. The van der Waals surface area contributed by atoms with Crippen LogP contribution in [0, 0.1) is 0 Å². The van der Waals surface area contributed by atoms with E-state index in [0.29, 0.717) is 12.5 Å². The number of fused-ring (bicyclic) bond motifs is 1. The molecule has 1 aliphatic heterocycles. The molecule has 1 N–H and O–H groups in total. The summed E-state index contributed by atoms with van der Waals surface area (Å²) in [5, 5.41) is 0. The first-order valence-electron chi connectivity index (χ1n) is 8.64. The summed E-state index contributed by atoms with van der Waals surface area (Å²) in [6.45, 7) is 3.58. The quantitative estimate of drug-likeness (QED) is 0.940. The number of aromatic nitrogens is 4. The van der Waals surface area contributed by atoms with Crippen molar-refractivity contribution in [2.24, 2.45) is 0 Å². The van der Waals surface area contributed by atoms with Gasteiger partial charge in [-0.2, -0.15) is 0 Å². The third kappa shape index (κ3) is 2.78. The van der Waals surface area contributed by atoms with Gasteiger partial charge in [0.15, 0.2) is 0 Å². The van der Waals surface area contributed by atoms with Gasteiger partial charge in [-0.25, -0.2) is 15.0 Å². The number of aryl methyl sites for hydroxylation is 2. The van der Waals surface area contributed by atoms with Crippen LogP contribution < -0.4 is 9.64 Å². The lowest BCUT2D eigenvalue weighted by atomic mass is 10.0.